The Morgan fingerprint density at radius 3 is 0.889 bits per heavy atom. The van der Waals surface area contributed by atoms with Crippen LogP contribution in [-0.4, -0.2) is 11.6 Å². The molecule has 10 fully saturated rings. The van der Waals surface area contributed by atoms with Gasteiger partial charge in [-0.2, -0.15) is 0 Å². The first-order chi connectivity index (χ1) is 8.28. The number of hydrogen-bond donors (Lipinski definition) is 0. The van der Waals surface area contributed by atoms with Crippen molar-refractivity contribution in [3.63, 3.8) is 0 Å². The maximum atomic E-state index is 10.0. The number of carbonyl (C=O) groups is 2. The van der Waals surface area contributed by atoms with Crippen LogP contribution in [0.25, 0.3) is 0 Å². The second-order valence-corrected chi connectivity index (χ2v) is 35.1. The first-order valence-corrected chi connectivity index (χ1v) is 13.9. The topological polar surface area (TPSA) is 34.1 Å². The molecule has 10 rings (SSSR count). The average Bonchev–Trinajstić information content (AvgIpc) is 3.23. The van der Waals surface area contributed by atoms with Crippen LogP contribution in [0.4, 0.5) is 0 Å². The quantitative estimate of drug-likeness (QED) is 0.569. The van der Waals surface area contributed by atoms with E-state index in [4.69, 9.17) is 0 Å². The first kappa shape index (κ1) is 7.59. The fraction of sp³-hybridized carbons (Fsp3) is 0.867. The van der Waals surface area contributed by atoms with Gasteiger partial charge in [0.25, 0.3) is 0 Å². The molecule has 0 unspecified atom stereocenters. The molecule has 98 valence electrons. The fourth-order valence-electron chi connectivity index (χ4n) is 16.2. The molecule has 0 aromatic carbocycles. The summed E-state index contributed by atoms with van der Waals surface area (Å²) in [5, 5.41) is 0. The third-order valence-electron chi connectivity index (χ3n) is 15.0. The molecule has 10 aliphatic rings. The van der Waals surface area contributed by atoms with Crippen LogP contribution in [-0.2, 0) is 16.1 Å². The van der Waals surface area contributed by atoms with Gasteiger partial charge in [0.15, 0.2) is 0 Å². The van der Waals surface area contributed by atoms with E-state index in [0.717, 1.165) is 0 Å². The number of fused-ring (bicyclic) bond motifs is 10. The van der Waals surface area contributed by atoms with Gasteiger partial charge in [0.05, 0.1) is 6.42 Å². The first-order valence-electron chi connectivity index (χ1n) is 7.49. The van der Waals surface area contributed by atoms with Gasteiger partial charge in [0.2, 0.25) is 0 Å². The van der Waals surface area contributed by atoms with Gasteiger partial charge in [0.1, 0.15) is 11.6 Å². The summed E-state index contributed by atoms with van der Waals surface area (Å²) in [6.45, 7) is 0.525. The molecule has 0 bridgehead atoms. The van der Waals surface area contributed by atoms with Gasteiger partial charge in [-0.25, -0.2) is 0 Å². The summed E-state index contributed by atoms with van der Waals surface area (Å²) < 4.78 is 0. The van der Waals surface area contributed by atoms with E-state index in [1.165, 1.54) is 13.8 Å². The number of carbonyl (C=O) groups excluding carboxylic acids is 2. The van der Waals surface area contributed by atoms with E-state index >= 15 is 0 Å². The van der Waals surface area contributed by atoms with Gasteiger partial charge in [0, 0.05) is 0 Å². The van der Waals surface area contributed by atoms with Crippen LogP contribution in [0.2, 0.25) is 48.2 Å². The van der Waals surface area contributed by atoms with E-state index in [2.05, 4.69) is 0 Å². The molecule has 0 aromatic rings. The molecule has 10 aliphatic heterocycles. The summed E-state index contributed by atoms with van der Waals surface area (Å²) >= 11 is 0. The van der Waals surface area contributed by atoms with Crippen molar-refractivity contribution in [2.24, 2.45) is 0 Å². The van der Waals surface area contributed by atoms with Crippen LogP contribution in [0, 0.1) is 0 Å². The molecule has 2 nitrogen and oxygen atoms in total. The molecule has 0 atom stereocenters. The molecule has 0 N–H and O–H groups in total. The van der Waals surface area contributed by atoms with Gasteiger partial charge in [-0.1, -0.05) is 0 Å². The summed E-state index contributed by atoms with van der Waals surface area (Å²) in [7, 11) is 0. The molecule has 0 aliphatic carbocycles. The minimum absolute atomic E-state index is 0.0625. The summed E-state index contributed by atoms with van der Waals surface area (Å²) in [4.78, 5) is 36.0. The molecule has 3 heteroatoms. The molecular formula is C15H18FeO2. The molecule has 10 saturated heterocycles. The van der Waals surface area contributed by atoms with Gasteiger partial charge in [-0.05, 0) is 13.8 Å². The minimum atomic E-state index is -2.28. The van der Waals surface area contributed by atoms with Crippen LogP contribution >= 0.6 is 0 Å². The molecule has 18 heavy (non-hydrogen) atoms. The Morgan fingerprint density at radius 1 is 0.667 bits per heavy atom. The van der Waals surface area contributed by atoms with E-state index in [1.807, 2.05) is 0 Å². The Labute approximate surface area is 96.2 Å². The fourth-order valence-corrected chi connectivity index (χ4v) is 88.3. The number of hydrogen-bond acceptors (Lipinski definition) is 2. The second kappa shape index (κ2) is 0.633. The van der Waals surface area contributed by atoms with Gasteiger partial charge >= 0.3 is 54.7 Å². The van der Waals surface area contributed by atoms with E-state index in [0.29, 0.717) is 0 Å². The van der Waals surface area contributed by atoms with Crippen LogP contribution in [0.1, 0.15) is 20.3 Å². The maximum absolute atomic E-state index is 10.0. The molecule has 1 spiro atoms. The molecule has 0 radical (unpaired) electrons. The normalized spacial score (nSPS) is 108. The van der Waals surface area contributed by atoms with Gasteiger partial charge in [-0.3, -0.25) is 9.59 Å². The Hall–Kier alpha value is -0.141. The zero-order chi connectivity index (χ0) is 12.0. The van der Waals surface area contributed by atoms with Crippen molar-refractivity contribution < 1.29 is 16.1 Å². The number of Topliss-reactive ketones (excluding diaryl/α,β-unsaturated/α-hetero) is 2. The van der Waals surface area contributed by atoms with Crippen LogP contribution in [0.5, 0.6) is 0 Å². The van der Waals surface area contributed by atoms with E-state index in [1.54, 1.807) is 48.2 Å². The van der Waals surface area contributed by atoms with Crippen molar-refractivity contribution in [2.45, 2.75) is 68.4 Å². The van der Waals surface area contributed by atoms with E-state index < -0.39 is 6.51 Å². The van der Waals surface area contributed by atoms with Crippen LogP contribution in [0.3, 0.4) is 0 Å². The van der Waals surface area contributed by atoms with Crippen molar-refractivity contribution in [3.8, 4) is 0 Å². The summed E-state index contributed by atoms with van der Waals surface area (Å²) in [5.41, 5.74) is 0. The van der Waals surface area contributed by atoms with Crippen molar-refractivity contribution in [3.05, 3.63) is 0 Å². The predicted molar refractivity (Wildman–Crippen MR) is 63.5 cm³/mol. The summed E-state index contributed by atoms with van der Waals surface area (Å²) in [5.74, 6) is -0.125. The van der Waals surface area contributed by atoms with E-state index in [-0.39, 0.29) is 18.0 Å². The van der Waals surface area contributed by atoms with Crippen LogP contribution < -0.4 is 0 Å². The molecule has 0 aromatic heterocycles. The zero-order valence-corrected chi connectivity index (χ0v) is 11.8. The van der Waals surface area contributed by atoms with Crippen molar-refractivity contribution in [1.29, 1.82) is 0 Å². The Kier molecular flexibility index (Phi) is 0.267. The third kappa shape index (κ3) is 0.0843. The predicted octanol–water partition coefficient (Wildman–Crippen LogP) is 3.93. The molecule has 0 saturated carbocycles. The Morgan fingerprint density at radius 2 is 0.889 bits per heavy atom. The SMILES string of the molecule is CC(=O)CC(C)=O.[CH]12[CH]3[CH]4[CH]5[CH]1[Fe]23451678[CH]2[CH]1[CH]6[CH]7[CH]28. The zero-order valence-electron chi connectivity index (χ0n) is 10.7. The third-order valence-corrected chi connectivity index (χ3v) is 57.0. The Balaban J connectivity index is 0.0000000885. The second-order valence-electron chi connectivity index (χ2n) is 11.2. The standard InChI is InChI=1S/C5H8O2.2C5H5.Fe/c1-4(6)3-5(2)7;2*1-2-4-5-3-1;/h3H2,1-2H3;2*1-5H;. The number of rotatable bonds is 2. The molecular weight excluding hydrogens is 268 g/mol. The Bertz CT molecular complexity index is 765. The molecule has 0 amide bonds. The summed E-state index contributed by atoms with van der Waals surface area (Å²) in [6, 6.07) is 0. The van der Waals surface area contributed by atoms with Crippen molar-refractivity contribution >= 4 is 11.6 Å². The van der Waals surface area contributed by atoms with Crippen LogP contribution in [0.15, 0.2) is 0 Å². The van der Waals surface area contributed by atoms with Crippen molar-refractivity contribution in [2.75, 3.05) is 0 Å². The monoisotopic (exact) mass is 286 g/mol. The number of ketones is 2. The van der Waals surface area contributed by atoms with Crippen molar-refractivity contribution in [1.82, 2.24) is 0 Å². The van der Waals surface area contributed by atoms with Gasteiger partial charge in [-0.15, -0.1) is 0 Å². The van der Waals surface area contributed by atoms with E-state index in [9.17, 15) is 9.59 Å². The average molecular weight is 286 g/mol. The molecule has 10 heterocycles. The summed E-state index contributed by atoms with van der Waals surface area (Å²) in [6.07, 6.45) is 0.0833. The van der Waals surface area contributed by atoms with Gasteiger partial charge < -0.3 is 0 Å².